The molecule has 0 aliphatic rings. The summed E-state index contributed by atoms with van der Waals surface area (Å²) >= 11 is 1.17. The van der Waals surface area contributed by atoms with Gasteiger partial charge in [0.1, 0.15) is 4.90 Å². The second-order valence-electron chi connectivity index (χ2n) is 10.1. The maximum Gasteiger partial charge on any atom is 0.335 e. The smallest absolute Gasteiger partial charge is 0.335 e. The Balaban J connectivity index is 1.50. The molecule has 18 nitrogen and oxygen atoms in total. The van der Waals surface area contributed by atoms with Gasteiger partial charge < -0.3 is 15.7 Å². The number of amides is 2. The molecule has 5 rings (SSSR count). The predicted molar refractivity (Wildman–Crippen MR) is 178 cm³/mol. The SMILES string of the molecule is O=C(O)c1cc(C(=O)Nc2cc3ccc(SOOO)cc3cc2SOOO)cc(C(=O)Nc2cc3ccc(S(=O)(=O)O)cc3cc2S(=O)(=O)O)c1. The first kappa shape index (κ1) is 37.6. The van der Waals surface area contributed by atoms with Crippen molar-refractivity contribution in [3.05, 3.63) is 95.6 Å². The van der Waals surface area contributed by atoms with E-state index in [1.54, 1.807) is 18.2 Å². The number of hydrogen-bond donors (Lipinski definition) is 7. The number of fused-ring (bicyclic) bond motifs is 2. The maximum absolute atomic E-state index is 13.5. The Morgan fingerprint density at radius 1 is 0.588 bits per heavy atom. The molecular weight excluding hydrogens is 761 g/mol. The fraction of sp³-hybridized carbons (Fsp3) is 0. The summed E-state index contributed by atoms with van der Waals surface area (Å²) < 4.78 is 75.8. The highest BCUT2D eigenvalue weighted by atomic mass is 32.2. The Kier molecular flexibility index (Phi) is 11.3. The number of hydrogen-bond acceptors (Lipinski definition) is 15. The van der Waals surface area contributed by atoms with Gasteiger partial charge in [-0.1, -0.05) is 22.2 Å². The summed E-state index contributed by atoms with van der Waals surface area (Å²) in [5.74, 6) is -3.55. The molecule has 0 atom stereocenters. The van der Waals surface area contributed by atoms with Crippen LogP contribution in [0.4, 0.5) is 11.4 Å². The summed E-state index contributed by atoms with van der Waals surface area (Å²) in [5, 5.41) is 40.2. The number of aromatic carboxylic acids is 1. The van der Waals surface area contributed by atoms with E-state index in [4.69, 9.17) is 10.5 Å². The second-order valence-corrected chi connectivity index (χ2v) is 14.5. The lowest BCUT2D eigenvalue weighted by molar-refractivity contribution is -0.432. The minimum atomic E-state index is -5.06. The van der Waals surface area contributed by atoms with Crippen molar-refractivity contribution in [2.75, 3.05) is 10.6 Å². The monoisotopic (exact) mass is 780 g/mol. The zero-order valence-corrected chi connectivity index (χ0v) is 28.1. The molecule has 266 valence electrons. The van der Waals surface area contributed by atoms with Crippen molar-refractivity contribution in [3.63, 3.8) is 0 Å². The van der Waals surface area contributed by atoms with E-state index >= 15 is 0 Å². The molecular formula is C29H20N2O16S4. The van der Waals surface area contributed by atoms with Crippen LogP contribution in [-0.4, -0.2) is 59.3 Å². The third kappa shape index (κ3) is 8.98. The van der Waals surface area contributed by atoms with Gasteiger partial charge >= 0.3 is 5.97 Å². The first-order valence-electron chi connectivity index (χ1n) is 13.5. The van der Waals surface area contributed by atoms with Gasteiger partial charge in [0.25, 0.3) is 32.1 Å². The highest BCUT2D eigenvalue weighted by Crippen LogP contribution is 2.35. The van der Waals surface area contributed by atoms with Crippen molar-refractivity contribution in [1.29, 1.82) is 0 Å². The van der Waals surface area contributed by atoms with Crippen LogP contribution in [0.15, 0.2) is 98.4 Å². The van der Waals surface area contributed by atoms with Gasteiger partial charge in [0.05, 0.1) is 50.8 Å². The molecule has 0 aliphatic heterocycles. The Hall–Kier alpha value is -4.69. The van der Waals surface area contributed by atoms with Crippen LogP contribution in [-0.2, 0) is 39.0 Å². The standard InChI is InChI=1S/C29H20N2O16S4/c32-27(30-23-10-14-1-3-21(48-46-44-36)8-16(14)12-25(23)49-47-45-37)18-5-19(7-20(6-18)29(34)35)28(33)31-24-11-15-2-4-22(50(38,39)40)9-17(15)13-26(24)51(41,42)43/h1-13,36-37H,(H,30,32)(H,31,33)(H,34,35)(H,38,39,40)(H,41,42,43). The molecule has 0 spiro atoms. The molecule has 0 aliphatic carbocycles. The van der Waals surface area contributed by atoms with Gasteiger partial charge in [-0.3, -0.25) is 18.7 Å². The van der Waals surface area contributed by atoms with E-state index in [0.717, 1.165) is 42.5 Å². The summed E-state index contributed by atoms with van der Waals surface area (Å²) in [7, 11) is -9.73. The van der Waals surface area contributed by atoms with Crippen molar-refractivity contribution in [3.8, 4) is 0 Å². The second kappa shape index (κ2) is 15.3. The average molecular weight is 781 g/mol. The summed E-state index contributed by atoms with van der Waals surface area (Å²) in [6.45, 7) is 0. The summed E-state index contributed by atoms with van der Waals surface area (Å²) in [6, 6.07) is 15.8. The molecule has 51 heavy (non-hydrogen) atoms. The molecule has 7 N–H and O–H groups in total. The first-order chi connectivity index (χ1) is 24.1. The predicted octanol–water partition coefficient (Wildman–Crippen LogP) is 5.55. The van der Waals surface area contributed by atoms with E-state index < -0.39 is 64.6 Å². The minimum Gasteiger partial charge on any atom is -0.478 e. The summed E-state index contributed by atoms with van der Waals surface area (Å²) in [4.78, 5) is 38.1. The number of benzene rings is 5. The van der Waals surface area contributed by atoms with Crippen molar-refractivity contribution in [1.82, 2.24) is 0 Å². The van der Waals surface area contributed by atoms with Gasteiger partial charge in [0, 0.05) is 16.0 Å². The number of nitrogens with one attached hydrogen (secondary N) is 2. The molecule has 0 radical (unpaired) electrons. The third-order valence-electron chi connectivity index (χ3n) is 6.91. The highest BCUT2D eigenvalue weighted by molar-refractivity contribution is 7.95. The number of rotatable bonds is 13. The molecule has 2 amide bonds. The van der Waals surface area contributed by atoms with Crippen LogP contribution in [0.3, 0.4) is 0 Å². The van der Waals surface area contributed by atoms with Gasteiger partial charge in [0.2, 0.25) is 0 Å². The lowest BCUT2D eigenvalue weighted by atomic mass is 10.0. The van der Waals surface area contributed by atoms with Crippen molar-refractivity contribution in [2.24, 2.45) is 0 Å². The van der Waals surface area contributed by atoms with Crippen LogP contribution < -0.4 is 10.6 Å². The van der Waals surface area contributed by atoms with Gasteiger partial charge in [0.15, 0.2) is 0 Å². The molecule has 0 unspecified atom stereocenters. The van der Waals surface area contributed by atoms with E-state index in [1.165, 1.54) is 18.2 Å². The fourth-order valence-electron chi connectivity index (χ4n) is 4.71. The molecule has 22 heteroatoms. The van der Waals surface area contributed by atoms with Crippen molar-refractivity contribution >= 4 is 95.0 Å². The third-order valence-corrected chi connectivity index (χ3v) is 9.88. The quantitative estimate of drug-likeness (QED) is 0.0334. The van der Waals surface area contributed by atoms with Crippen LogP contribution in [0.1, 0.15) is 31.1 Å². The molecule has 0 saturated carbocycles. The van der Waals surface area contributed by atoms with Gasteiger partial charge in [-0.05, 0) is 88.3 Å². The van der Waals surface area contributed by atoms with Crippen LogP contribution >= 0.6 is 24.1 Å². The molecule has 0 bridgehead atoms. The zero-order chi connectivity index (χ0) is 37.1. The van der Waals surface area contributed by atoms with E-state index in [1.807, 2.05) is 0 Å². The molecule has 0 aromatic heterocycles. The first-order valence-corrected chi connectivity index (χ1v) is 17.8. The number of carboxylic acid groups (broad SMARTS) is 1. The highest BCUT2D eigenvalue weighted by Gasteiger charge is 2.23. The average Bonchev–Trinajstić information content (AvgIpc) is 3.08. The van der Waals surface area contributed by atoms with Crippen LogP contribution in [0.25, 0.3) is 21.5 Å². The summed E-state index contributed by atoms with van der Waals surface area (Å²) in [6.07, 6.45) is 0. The van der Waals surface area contributed by atoms with Gasteiger partial charge in [-0.2, -0.15) is 16.8 Å². The Bertz CT molecular complexity index is 2440. The zero-order valence-electron chi connectivity index (χ0n) is 24.9. The lowest BCUT2D eigenvalue weighted by Crippen LogP contribution is -2.18. The topological polar surface area (TPSA) is 282 Å². The van der Waals surface area contributed by atoms with Crippen LogP contribution in [0, 0.1) is 0 Å². The Morgan fingerprint density at radius 2 is 1.14 bits per heavy atom. The Labute approximate surface area is 294 Å². The fourth-order valence-corrected chi connectivity index (χ4v) is 6.77. The lowest BCUT2D eigenvalue weighted by Gasteiger charge is -2.14. The van der Waals surface area contributed by atoms with Crippen molar-refractivity contribution in [2.45, 2.75) is 19.6 Å². The number of carboxylic acids is 1. The normalized spacial score (nSPS) is 11.8. The van der Waals surface area contributed by atoms with E-state index in [-0.39, 0.29) is 26.9 Å². The van der Waals surface area contributed by atoms with E-state index in [9.17, 15) is 45.4 Å². The molecule has 0 fully saturated rings. The largest absolute Gasteiger partial charge is 0.478 e. The molecule has 5 aromatic rings. The number of anilines is 2. The van der Waals surface area contributed by atoms with Gasteiger partial charge in [-0.25, -0.2) is 15.3 Å². The number of carbonyl (C=O) groups is 3. The minimum absolute atomic E-state index is 0.0469. The summed E-state index contributed by atoms with van der Waals surface area (Å²) in [5.41, 5.74) is -1.67. The van der Waals surface area contributed by atoms with E-state index in [2.05, 4.69) is 29.4 Å². The van der Waals surface area contributed by atoms with Crippen molar-refractivity contribution < 1.29 is 74.7 Å². The molecule has 0 heterocycles. The van der Waals surface area contributed by atoms with E-state index in [0.29, 0.717) is 39.8 Å². The molecule has 5 aromatic carbocycles. The van der Waals surface area contributed by atoms with Gasteiger partial charge in [-0.15, -0.1) is 8.67 Å². The van der Waals surface area contributed by atoms with Crippen LogP contribution in [0.2, 0.25) is 0 Å². The Morgan fingerprint density at radius 3 is 1.73 bits per heavy atom. The maximum atomic E-state index is 13.5. The number of carbonyl (C=O) groups excluding carboxylic acids is 2. The molecule has 0 saturated heterocycles. The van der Waals surface area contributed by atoms with Crippen LogP contribution in [0.5, 0.6) is 0 Å².